The van der Waals surface area contributed by atoms with Gasteiger partial charge in [0.05, 0.1) is 18.6 Å². The molecule has 0 aliphatic carbocycles. The Balaban J connectivity index is 3.19. The minimum Gasteiger partial charge on any atom is -0.495 e. The zero-order chi connectivity index (χ0) is 12.3. The molecule has 0 amide bonds. The van der Waals surface area contributed by atoms with Crippen LogP contribution in [0.25, 0.3) is 0 Å². The number of rotatable bonds is 4. The number of hydrogen-bond donors (Lipinski definition) is 1. The molecule has 0 bridgehead atoms. The maximum absolute atomic E-state index is 10.7. The van der Waals surface area contributed by atoms with Crippen LogP contribution in [0.2, 0.25) is 5.02 Å². The molecule has 1 N–H and O–H groups in total. The molecule has 0 fully saturated rings. The van der Waals surface area contributed by atoms with Crippen molar-refractivity contribution < 1.29 is 14.6 Å². The van der Waals surface area contributed by atoms with E-state index in [9.17, 15) is 4.79 Å². The summed E-state index contributed by atoms with van der Waals surface area (Å²) in [5.41, 5.74) is 1.87. The lowest BCUT2D eigenvalue weighted by atomic mass is 9.93. The molecule has 1 aromatic carbocycles. The predicted molar refractivity (Wildman–Crippen MR) is 63.4 cm³/mol. The highest BCUT2D eigenvalue weighted by Gasteiger charge is 2.19. The molecule has 1 aromatic rings. The fourth-order valence-corrected chi connectivity index (χ4v) is 2.10. The largest absolute Gasteiger partial charge is 0.495 e. The van der Waals surface area contributed by atoms with Gasteiger partial charge in [-0.15, -0.1) is 0 Å². The van der Waals surface area contributed by atoms with E-state index < -0.39 is 5.97 Å². The Morgan fingerprint density at radius 1 is 1.56 bits per heavy atom. The van der Waals surface area contributed by atoms with Crippen LogP contribution in [0.4, 0.5) is 0 Å². The fraction of sp³-hybridized carbons (Fsp3) is 0.417. The summed E-state index contributed by atoms with van der Waals surface area (Å²) in [7, 11) is 1.54. The van der Waals surface area contributed by atoms with Crippen molar-refractivity contribution in [3.63, 3.8) is 0 Å². The van der Waals surface area contributed by atoms with E-state index in [4.69, 9.17) is 21.4 Å². The average Bonchev–Trinajstić information content (AvgIpc) is 2.19. The van der Waals surface area contributed by atoms with Gasteiger partial charge in [0, 0.05) is 5.56 Å². The minimum atomic E-state index is -0.825. The van der Waals surface area contributed by atoms with Crippen LogP contribution in [0.1, 0.15) is 30.4 Å². The molecule has 0 radical (unpaired) electrons. The first-order valence-electron chi connectivity index (χ1n) is 5.02. The molecule has 0 saturated carbocycles. The zero-order valence-corrected chi connectivity index (χ0v) is 10.3. The number of halogens is 1. The third kappa shape index (κ3) is 2.67. The van der Waals surface area contributed by atoms with Gasteiger partial charge in [-0.2, -0.15) is 0 Å². The molecule has 1 atom stereocenters. The molecule has 0 aliphatic rings. The van der Waals surface area contributed by atoms with Crippen molar-refractivity contribution in [1.29, 1.82) is 0 Å². The van der Waals surface area contributed by atoms with Crippen LogP contribution in [-0.4, -0.2) is 18.2 Å². The lowest BCUT2D eigenvalue weighted by Gasteiger charge is -2.17. The van der Waals surface area contributed by atoms with Crippen LogP contribution in [0.3, 0.4) is 0 Å². The van der Waals surface area contributed by atoms with Gasteiger partial charge in [0.1, 0.15) is 5.75 Å². The Hall–Kier alpha value is -1.22. The highest BCUT2D eigenvalue weighted by Crippen LogP contribution is 2.37. The zero-order valence-electron chi connectivity index (χ0n) is 9.58. The number of aliphatic carboxylic acids is 1. The second-order valence-electron chi connectivity index (χ2n) is 3.81. The molecule has 0 aliphatic heterocycles. The van der Waals surface area contributed by atoms with Crippen LogP contribution >= 0.6 is 11.6 Å². The average molecular weight is 243 g/mol. The van der Waals surface area contributed by atoms with E-state index in [1.165, 1.54) is 7.11 Å². The van der Waals surface area contributed by atoms with E-state index in [0.717, 1.165) is 11.1 Å². The van der Waals surface area contributed by atoms with Gasteiger partial charge in [0.25, 0.3) is 0 Å². The third-order valence-corrected chi connectivity index (χ3v) is 2.84. The highest BCUT2D eigenvalue weighted by molar-refractivity contribution is 6.32. The van der Waals surface area contributed by atoms with Crippen molar-refractivity contribution in [2.75, 3.05) is 7.11 Å². The normalized spacial score (nSPS) is 12.2. The number of carboxylic acids is 1. The van der Waals surface area contributed by atoms with E-state index in [0.29, 0.717) is 10.8 Å². The molecule has 88 valence electrons. The maximum Gasteiger partial charge on any atom is 0.303 e. The topological polar surface area (TPSA) is 46.5 Å². The molecule has 0 heterocycles. The lowest BCUT2D eigenvalue weighted by molar-refractivity contribution is -0.137. The quantitative estimate of drug-likeness (QED) is 0.882. The van der Waals surface area contributed by atoms with Crippen LogP contribution < -0.4 is 4.74 Å². The van der Waals surface area contributed by atoms with E-state index in [1.54, 1.807) is 6.07 Å². The summed E-state index contributed by atoms with van der Waals surface area (Å²) >= 11 is 6.01. The Bertz CT molecular complexity index is 401. The number of carboxylic acid groups (broad SMARTS) is 1. The van der Waals surface area contributed by atoms with Gasteiger partial charge in [-0.25, -0.2) is 0 Å². The molecular weight excluding hydrogens is 228 g/mol. The van der Waals surface area contributed by atoms with E-state index in [2.05, 4.69) is 0 Å². The van der Waals surface area contributed by atoms with Gasteiger partial charge in [0.15, 0.2) is 0 Å². The van der Waals surface area contributed by atoms with E-state index in [-0.39, 0.29) is 12.3 Å². The van der Waals surface area contributed by atoms with Crippen molar-refractivity contribution in [2.45, 2.75) is 26.2 Å². The van der Waals surface area contributed by atoms with Crippen molar-refractivity contribution >= 4 is 17.6 Å². The molecule has 0 aromatic heterocycles. The summed E-state index contributed by atoms with van der Waals surface area (Å²) in [5, 5.41) is 9.31. The standard InChI is InChI=1S/C12H15ClO3/c1-7-4-5-9(13)12(16-3)11(7)8(2)6-10(14)15/h4-5,8H,6H2,1-3H3,(H,14,15). The maximum atomic E-state index is 10.7. The molecule has 4 heteroatoms. The summed E-state index contributed by atoms with van der Waals surface area (Å²) in [6.07, 6.45) is 0.0670. The monoisotopic (exact) mass is 242 g/mol. The van der Waals surface area contributed by atoms with Crippen LogP contribution in [0.5, 0.6) is 5.75 Å². The van der Waals surface area contributed by atoms with Crippen LogP contribution in [0, 0.1) is 6.92 Å². The molecular formula is C12H15ClO3. The van der Waals surface area contributed by atoms with Gasteiger partial charge in [-0.3, -0.25) is 4.79 Å². The summed E-state index contributed by atoms with van der Waals surface area (Å²) in [6.45, 7) is 3.78. The molecule has 16 heavy (non-hydrogen) atoms. The second-order valence-corrected chi connectivity index (χ2v) is 4.22. The van der Waals surface area contributed by atoms with Crippen molar-refractivity contribution in [1.82, 2.24) is 0 Å². The first kappa shape index (κ1) is 12.8. The lowest BCUT2D eigenvalue weighted by Crippen LogP contribution is -2.06. The molecule has 1 unspecified atom stereocenters. The predicted octanol–water partition coefficient (Wildman–Crippen LogP) is 3.24. The van der Waals surface area contributed by atoms with E-state index in [1.807, 2.05) is 19.9 Å². The number of ether oxygens (including phenoxy) is 1. The third-order valence-electron chi connectivity index (χ3n) is 2.54. The van der Waals surface area contributed by atoms with Crippen molar-refractivity contribution in [3.05, 3.63) is 28.3 Å². The summed E-state index contributed by atoms with van der Waals surface area (Å²) in [5.74, 6) is -0.365. The number of carbonyl (C=O) groups is 1. The molecule has 0 saturated heterocycles. The number of aryl methyl sites for hydroxylation is 1. The molecule has 1 rings (SSSR count). The summed E-state index contributed by atoms with van der Waals surface area (Å²) in [4.78, 5) is 10.7. The van der Waals surface area contributed by atoms with Gasteiger partial charge in [-0.1, -0.05) is 24.6 Å². The summed E-state index contributed by atoms with van der Waals surface area (Å²) < 4.78 is 5.23. The number of hydrogen-bond acceptors (Lipinski definition) is 2. The minimum absolute atomic E-state index is 0.0670. The molecule has 3 nitrogen and oxygen atoms in total. The van der Waals surface area contributed by atoms with Gasteiger partial charge >= 0.3 is 5.97 Å². The first-order chi connectivity index (χ1) is 7.47. The van der Waals surface area contributed by atoms with Crippen molar-refractivity contribution in [3.8, 4) is 5.75 Å². The fourth-order valence-electron chi connectivity index (χ4n) is 1.86. The van der Waals surface area contributed by atoms with Crippen LogP contribution in [-0.2, 0) is 4.79 Å². The van der Waals surface area contributed by atoms with Crippen LogP contribution in [0.15, 0.2) is 12.1 Å². The Kier molecular flexibility index (Phi) is 4.19. The second kappa shape index (κ2) is 5.21. The van der Waals surface area contributed by atoms with Gasteiger partial charge in [-0.05, 0) is 24.5 Å². The molecule has 0 spiro atoms. The Labute approximate surface area is 100.0 Å². The van der Waals surface area contributed by atoms with Gasteiger partial charge < -0.3 is 9.84 Å². The number of methoxy groups -OCH3 is 1. The number of benzene rings is 1. The SMILES string of the molecule is COc1c(Cl)ccc(C)c1C(C)CC(=O)O. The van der Waals surface area contributed by atoms with Crippen molar-refractivity contribution in [2.24, 2.45) is 0 Å². The Morgan fingerprint density at radius 2 is 2.19 bits per heavy atom. The smallest absolute Gasteiger partial charge is 0.303 e. The van der Waals surface area contributed by atoms with E-state index >= 15 is 0 Å². The first-order valence-corrected chi connectivity index (χ1v) is 5.40. The highest BCUT2D eigenvalue weighted by atomic mass is 35.5. The van der Waals surface area contributed by atoms with Gasteiger partial charge in [0.2, 0.25) is 0 Å². The Morgan fingerprint density at radius 3 is 2.69 bits per heavy atom. The summed E-state index contributed by atoms with van der Waals surface area (Å²) in [6, 6.07) is 3.63.